The number of Topliss-reactive ketones (excluding diaryl/α,β-unsaturated/α-hetero) is 1. The van der Waals surface area contributed by atoms with Gasteiger partial charge in [0.15, 0.2) is 0 Å². The van der Waals surface area contributed by atoms with Crippen LogP contribution in [0.2, 0.25) is 0 Å². The van der Waals surface area contributed by atoms with Gasteiger partial charge in [0.2, 0.25) is 0 Å². The molecule has 0 N–H and O–H groups in total. The molecular weight excluding hydrogens is 248 g/mol. The number of carbonyl (C=O) groups excluding carboxylic acids is 3. The minimum atomic E-state index is -0.384. The lowest BCUT2D eigenvalue weighted by atomic mass is 9.64. The Hall–Kier alpha value is -1.39. The highest BCUT2D eigenvalue weighted by Gasteiger charge is 2.55. The van der Waals surface area contributed by atoms with Crippen molar-refractivity contribution in [2.45, 2.75) is 46.3 Å². The van der Waals surface area contributed by atoms with E-state index in [4.69, 9.17) is 9.47 Å². The van der Waals surface area contributed by atoms with Crippen molar-refractivity contribution in [2.75, 3.05) is 0 Å². The Morgan fingerprint density at radius 2 is 1.89 bits per heavy atom. The average Bonchev–Trinajstić information content (AvgIpc) is 2.54. The first-order chi connectivity index (χ1) is 8.82. The minimum absolute atomic E-state index is 0.0319. The summed E-state index contributed by atoms with van der Waals surface area (Å²) in [7, 11) is 0. The molecule has 5 nitrogen and oxygen atoms in total. The normalized spacial score (nSPS) is 41.4. The first kappa shape index (κ1) is 14.0. The van der Waals surface area contributed by atoms with E-state index in [1.807, 2.05) is 13.8 Å². The summed E-state index contributed by atoms with van der Waals surface area (Å²) < 4.78 is 10.5. The highest BCUT2D eigenvalue weighted by molar-refractivity contribution is 5.83. The van der Waals surface area contributed by atoms with Crippen molar-refractivity contribution in [3.63, 3.8) is 0 Å². The Bertz CT molecular complexity index is 416. The summed E-state index contributed by atoms with van der Waals surface area (Å²) in [6.07, 6.45) is -0.170. The first-order valence-corrected chi connectivity index (χ1v) is 6.71. The van der Waals surface area contributed by atoms with Crippen molar-refractivity contribution < 1.29 is 23.9 Å². The van der Waals surface area contributed by atoms with Crippen LogP contribution in [0.1, 0.15) is 34.1 Å². The van der Waals surface area contributed by atoms with Crippen LogP contribution in [-0.4, -0.2) is 29.9 Å². The number of esters is 2. The third-order valence-corrected chi connectivity index (χ3v) is 4.45. The topological polar surface area (TPSA) is 69.7 Å². The van der Waals surface area contributed by atoms with Gasteiger partial charge >= 0.3 is 11.9 Å². The molecule has 6 atom stereocenters. The maximum Gasteiger partial charge on any atom is 0.309 e. The molecule has 0 radical (unpaired) electrons. The van der Waals surface area contributed by atoms with Crippen LogP contribution >= 0.6 is 0 Å². The summed E-state index contributed by atoms with van der Waals surface area (Å²) in [6, 6.07) is 0. The Balaban J connectivity index is 2.30. The third-order valence-electron chi connectivity index (χ3n) is 4.45. The molecule has 0 aromatic heterocycles. The van der Waals surface area contributed by atoms with E-state index in [0.717, 1.165) is 0 Å². The van der Waals surface area contributed by atoms with Gasteiger partial charge in [0.1, 0.15) is 18.0 Å². The number of hydrogen-bond donors (Lipinski definition) is 0. The second-order valence-electron chi connectivity index (χ2n) is 5.70. The molecule has 1 saturated heterocycles. The Morgan fingerprint density at radius 1 is 1.26 bits per heavy atom. The molecule has 1 aliphatic carbocycles. The summed E-state index contributed by atoms with van der Waals surface area (Å²) >= 11 is 0. The molecular formula is C14H20O5. The van der Waals surface area contributed by atoms with Gasteiger partial charge in [0, 0.05) is 24.7 Å². The van der Waals surface area contributed by atoms with Gasteiger partial charge in [-0.25, -0.2) is 0 Å². The highest BCUT2D eigenvalue weighted by atomic mass is 16.6. The standard InChI is InChI=1S/C14H20O5/c1-6-11(19-9(4)16)5-10-13(12(6)7(2)15)8(3)18-14(10)17/h6,8,10-13H,5H2,1-4H3/t6-,8-,10-,11-,12-,13-/m1/s1. The summed E-state index contributed by atoms with van der Waals surface area (Å²) in [6.45, 7) is 6.61. The van der Waals surface area contributed by atoms with Gasteiger partial charge in [0.05, 0.1) is 5.92 Å². The lowest BCUT2D eigenvalue weighted by Gasteiger charge is -2.40. The fraction of sp³-hybridized carbons (Fsp3) is 0.786. The van der Waals surface area contributed by atoms with Crippen LogP contribution in [0.15, 0.2) is 0 Å². The van der Waals surface area contributed by atoms with E-state index < -0.39 is 0 Å². The zero-order valence-corrected chi connectivity index (χ0v) is 11.7. The second-order valence-corrected chi connectivity index (χ2v) is 5.70. The van der Waals surface area contributed by atoms with Crippen LogP contribution in [0.3, 0.4) is 0 Å². The second kappa shape index (κ2) is 4.94. The van der Waals surface area contributed by atoms with Crippen LogP contribution in [0, 0.1) is 23.7 Å². The largest absolute Gasteiger partial charge is 0.462 e. The van der Waals surface area contributed by atoms with E-state index in [1.54, 1.807) is 0 Å². The zero-order chi connectivity index (χ0) is 14.3. The molecule has 0 spiro atoms. The van der Waals surface area contributed by atoms with Crippen molar-refractivity contribution in [1.82, 2.24) is 0 Å². The molecule has 106 valence electrons. The zero-order valence-electron chi connectivity index (χ0n) is 11.7. The SMILES string of the molecule is CC(=O)O[C@@H]1C[C@H]2C(=O)O[C@H](C)[C@H]2[C@@H](C(C)=O)[C@@H]1C. The van der Waals surface area contributed by atoms with Crippen molar-refractivity contribution in [2.24, 2.45) is 23.7 Å². The van der Waals surface area contributed by atoms with Crippen LogP contribution in [0.5, 0.6) is 0 Å². The van der Waals surface area contributed by atoms with E-state index in [9.17, 15) is 14.4 Å². The number of ether oxygens (including phenoxy) is 2. The Kier molecular flexibility index (Phi) is 3.65. The minimum Gasteiger partial charge on any atom is -0.462 e. The fourth-order valence-electron chi connectivity index (χ4n) is 3.69. The lowest BCUT2D eigenvalue weighted by molar-refractivity contribution is -0.159. The Morgan fingerprint density at radius 3 is 2.42 bits per heavy atom. The van der Waals surface area contributed by atoms with Crippen LogP contribution in [0.25, 0.3) is 0 Å². The number of hydrogen-bond acceptors (Lipinski definition) is 5. The number of fused-ring (bicyclic) bond motifs is 1. The predicted molar refractivity (Wildman–Crippen MR) is 66.0 cm³/mol. The molecule has 1 saturated carbocycles. The molecule has 0 bridgehead atoms. The van der Waals surface area contributed by atoms with Crippen molar-refractivity contribution >= 4 is 17.7 Å². The third kappa shape index (κ3) is 2.38. The molecule has 0 unspecified atom stereocenters. The Labute approximate surface area is 112 Å². The van der Waals surface area contributed by atoms with E-state index >= 15 is 0 Å². The average molecular weight is 268 g/mol. The monoisotopic (exact) mass is 268 g/mol. The molecule has 1 aliphatic heterocycles. The van der Waals surface area contributed by atoms with Gasteiger partial charge in [0.25, 0.3) is 0 Å². The van der Waals surface area contributed by atoms with Crippen molar-refractivity contribution in [3.05, 3.63) is 0 Å². The van der Waals surface area contributed by atoms with Gasteiger partial charge in [-0.3, -0.25) is 14.4 Å². The van der Waals surface area contributed by atoms with Gasteiger partial charge in [-0.2, -0.15) is 0 Å². The predicted octanol–water partition coefficient (Wildman–Crippen LogP) is 1.34. The van der Waals surface area contributed by atoms with E-state index in [0.29, 0.717) is 6.42 Å². The highest BCUT2D eigenvalue weighted by Crippen LogP contribution is 2.47. The van der Waals surface area contributed by atoms with Gasteiger partial charge < -0.3 is 9.47 Å². The molecule has 2 aliphatic rings. The van der Waals surface area contributed by atoms with Gasteiger partial charge in [-0.1, -0.05) is 6.92 Å². The van der Waals surface area contributed by atoms with Gasteiger partial charge in [-0.15, -0.1) is 0 Å². The quantitative estimate of drug-likeness (QED) is 0.707. The molecule has 1 heterocycles. The summed E-state index contributed by atoms with van der Waals surface area (Å²) in [5, 5.41) is 0. The van der Waals surface area contributed by atoms with Crippen LogP contribution in [-0.2, 0) is 23.9 Å². The molecule has 0 aromatic rings. The lowest BCUT2D eigenvalue weighted by Crippen LogP contribution is -2.47. The van der Waals surface area contributed by atoms with Crippen LogP contribution in [0.4, 0.5) is 0 Å². The smallest absolute Gasteiger partial charge is 0.309 e. The van der Waals surface area contributed by atoms with Crippen molar-refractivity contribution in [3.8, 4) is 0 Å². The maximum atomic E-state index is 11.9. The molecule has 2 rings (SSSR count). The molecule has 19 heavy (non-hydrogen) atoms. The van der Waals surface area contributed by atoms with E-state index in [-0.39, 0.29) is 53.6 Å². The summed E-state index contributed by atoms with van der Waals surface area (Å²) in [5.41, 5.74) is 0. The van der Waals surface area contributed by atoms with Crippen molar-refractivity contribution in [1.29, 1.82) is 0 Å². The summed E-state index contributed by atoms with van der Waals surface area (Å²) in [5.74, 6) is -1.41. The summed E-state index contributed by atoms with van der Waals surface area (Å²) in [4.78, 5) is 34.9. The fourth-order valence-corrected chi connectivity index (χ4v) is 3.69. The first-order valence-electron chi connectivity index (χ1n) is 6.71. The molecule has 0 aromatic carbocycles. The number of rotatable bonds is 2. The number of carbonyl (C=O) groups is 3. The molecule has 2 fully saturated rings. The van der Waals surface area contributed by atoms with E-state index in [1.165, 1.54) is 13.8 Å². The maximum absolute atomic E-state index is 11.9. The molecule has 5 heteroatoms. The molecule has 0 amide bonds. The van der Waals surface area contributed by atoms with Crippen LogP contribution < -0.4 is 0 Å². The van der Waals surface area contributed by atoms with Gasteiger partial charge in [-0.05, 0) is 20.3 Å². The number of ketones is 1. The van der Waals surface area contributed by atoms with E-state index in [2.05, 4.69) is 0 Å². The number of cyclic esters (lactones) is 1.